The van der Waals surface area contributed by atoms with E-state index in [-0.39, 0.29) is 25.3 Å². The van der Waals surface area contributed by atoms with E-state index >= 15 is 0 Å². The topological polar surface area (TPSA) is 48.7 Å². The average molecular weight is 327 g/mol. The third kappa shape index (κ3) is 3.55. The van der Waals surface area contributed by atoms with Crippen molar-refractivity contribution in [3.05, 3.63) is 24.0 Å². The molecule has 1 aromatic rings. The molecule has 3 rings (SSSR count). The number of alkyl halides is 2. The van der Waals surface area contributed by atoms with Gasteiger partial charge < -0.3 is 14.6 Å². The fourth-order valence-electron chi connectivity index (χ4n) is 3.46. The highest BCUT2D eigenvalue weighted by Gasteiger charge is 2.42. The molecule has 0 bridgehead atoms. The lowest BCUT2D eigenvalue weighted by atomic mass is 10.00. The van der Waals surface area contributed by atoms with Crippen molar-refractivity contribution in [2.75, 3.05) is 32.7 Å². The number of halogens is 2. The monoisotopic (exact) mass is 327 g/mol. The number of aromatic nitrogens is 1. The Morgan fingerprint density at radius 1 is 1.26 bits per heavy atom. The number of likely N-dealkylation sites (tertiary alicyclic amines) is 2. The Labute approximate surface area is 134 Å². The van der Waals surface area contributed by atoms with Crippen LogP contribution >= 0.6 is 0 Å². The zero-order valence-electron chi connectivity index (χ0n) is 13.3. The van der Waals surface area contributed by atoms with Gasteiger partial charge in [-0.1, -0.05) is 0 Å². The van der Waals surface area contributed by atoms with E-state index in [1.54, 1.807) is 15.5 Å². The zero-order chi connectivity index (χ0) is 16.7. The minimum Gasteiger partial charge on any atom is -0.387 e. The van der Waals surface area contributed by atoms with E-state index in [0.717, 1.165) is 0 Å². The summed E-state index contributed by atoms with van der Waals surface area (Å²) >= 11 is 0. The van der Waals surface area contributed by atoms with Crippen LogP contribution < -0.4 is 0 Å². The minimum absolute atomic E-state index is 0.0985. The van der Waals surface area contributed by atoms with E-state index in [1.165, 1.54) is 0 Å². The predicted octanol–water partition coefficient (Wildman–Crippen LogP) is 1.33. The van der Waals surface area contributed by atoms with E-state index in [0.29, 0.717) is 38.3 Å². The highest BCUT2D eigenvalue weighted by molar-refractivity contribution is 5.93. The second-order valence-corrected chi connectivity index (χ2v) is 6.84. The summed E-state index contributed by atoms with van der Waals surface area (Å²) in [6.07, 6.45) is 1.98. The van der Waals surface area contributed by atoms with Crippen LogP contribution in [0.3, 0.4) is 0 Å². The Hall–Kier alpha value is -1.47. The molecule has 1 aromatic heterocycles. The first-order valence-corrected chi connectivity index (χ1v) is 8.01. The van der Waals surface area contributed by atoms with Crippen LogP contribution in [0, 0.1) is 0 Å². The van der Waals surface area contributed by atoms with E-state index in [2.05, 4.69) is 0 Å². The molecule has 3 heterocycles. The quantitative estimate of drug-likeness (QED) is 0.911. The first-order chi connectivity index (χ1) is 10.8. The number of rotatable bonds is 3. The standard InChI is InChI=1S/C16H23F2N3O2/c1-19-7-2-3-13(19)14(22)21-10-4-15(23,12-21)11-20-8-5-16(17,18)6-9-20/h2-3,7,23H,4-6,8-12H2,1H3/t15-/m0/s1. The number of carbonyl (C=O) groups excluding carboxylic acids is 1. The van der Waals surface area contributed by atoms with E-state index in [9.17, 15) is 18.7 Å². The number of β-amino-alcohol motifs (C(OH)–C–C–N with tert-alkyl or cyclic N) is 1. The number of piperidine rings is 1. The highest BCUT2D eigenvalue weighted by Crippen LogP contribution is 2.30. The number of hydrogen-bond acceptors (Lipinski definition) is 3. The molecule has 0 aromatic carbocycles. The van der Waals surface area contributed by atoms with Gasteiger partial charge in [-0.15, -0.1) is 0 Å². The highest BCUT2D eigenvalue weighted by atomic mass is 19.3. The number of nitrogens with zero attached hydrogens (tertiary/aromatic N) is 3. The maximum absolute atomic E-state index is 13.2. The fourth-order valence-corrected chi connectivity index (χ4v) is 3.46. The fraction of sp³-hybridized carbons (Fsp3) is 0.688. The van der Waals surface area contributed by atoms with Gasteiger partial charge in [-0.05, 0) is 18.6 Å². The maximum atomic E-state index is 13.2. The molecule has 2 fully saturated rings. The number of aliphatic hydroxyl groups is 1. The summed E-state index contributed by atoms with van der Waals surface area (Å²) in [6, 6.07) is 3.57. The molecular weight excluding hydrogens is 304 g/mol. The van der Waals surface area contributed by atoms with Crippen LogP contribution in [-0.2, 0) is 7.05 Å². The molecule has 0 radical (unpaired) electrons. The van der Waals surface area contributed by atoms with Crippen molar-refractivity contribution < 1.29 is 18.7 Å². The second-order valence-electron chi connectivity index (χ2n) is 6.84. The lowest BCUT2D eigenvalue weighted by molar-refractivity contribution is -0.0720. The molecule has 7 heteroatoms. The van der Waals surface area contributed by atoms with Gasteiger partial charge in [0.2, 0.25) is 0 Å². The van der Waals surface area contributed by atoms with Crippen LogP contribution in [0.2, 0.25) is 0 Å². The van der Waals surface area contributed by atoms with Gasteiger partial charge in [0.15, 0.2) is 0 Å². The van der Waals surface area contributed by atoms with Crippen LogP contribution in [0.15, 0.2) is 18.3 Å². The number of aryl methyl sites for hydroxylation is 1. The van der Waals surface area contributed by atoms with Crippen molar-refractivity contribution >= 4 is 5.91 Å². The summed E-state index contributed by atoms with van der Waals surface area (Å²) in [4.78, 5) is 16.0. The van der Waals surface area contributed by atoms with Crippen LogP contribution in [-0.4, -0.2) is 69.6 Å². The van der Waals surface area contributed by atoms with Gasteiger partial charge in [-0.2, -0.15) is 0 Å². The van der Waals surface area contributed by atoms with Gasteiger partial charge in [-0.25, -0.2) is 8.78 Å². The summed E-state index contributed by atoms with van der Waals surface area (Å²) in [6.45, 7) is 1.68. The zero-order valence-corrected chi connectivity index (χ0v) is 13.3. The number of carbonyl (C=O) groups is 1. The SMILES string of the molecule is Cn1cccc1C(=O)N1CC[C@](O)(CN2CCC(F)(F)CC2)C1. The van der Waals surface area contributed by atoms with Crippen molar-refractivity contribution in [2.24, 2.45) is 7.05 Å². The van der Waals surface area contributed by atoms with Gasteiger partial charge in [0.1, 0.15) is 5.69 Å². The smallest absolute Gasteiger partial charge is 0.270 e. The lowest BCUT2D eigenvalue weighted by Crippen LogP contribution is -2.49. The van der Waals surface area contributed by atoms with Crippen molar-refractivity contribution in [3.63, 3.8) is 0 Å². The minimum atomic E-state index is -2.58. The predicted molar refractivity (Wildman–Crippen MR) is 81.5 cm³/mol. The van der Waals surface area contributed by atoms with Crippen LogP contribution in [0.1, 0.15) is 29.8 Å². The first-order valence-electron chi connectivity index (χ1n) is 8.01. The largest absolute Gasteiger partial charge is 0.387 e. The van der Waals surface area contributed by atoms with Gasteiger partial charge >= 0.3 is 0 Å². The van der Waals surface area contributed by atoms with Crippen LogP contribution in [0.25, 0.3) is 0 Å². The van der Waals surface area contributed by atoms with Crippen molar-refractivity contribution in [2.45, 2.75) is 30.8 Å². The molecule has 0 spiro atoms. The van der Waals surface area contributed by atoms with Gasteiger partial charge in [0.05, 0.1) is 12.1 Å². The molecule has 23 heavy (non-hydrogen) atoms. The molecule has 0 saturated carbocycles. The molecule has 128 valence electrons. The molecule has 1 atom stereocenters. The Morgan fingerprint density at radius 2 is 1.96 bits per heavy atom. The molecule has 2 saturated heterocycles. The lowest BCUT2D eigenvalue weighted by Gasteiger charge is -2.36. The first kappa shape index (κ1) is 16.4. The Morgan fingerprint density at radius 3 is 2.57 bits per heavy atom. The van der Waals surface area contributed by atoms with E-state index in [4.69, 9.17) is 0 Å². The Kier molecular flexibility index (Phi) is 4.18. The van der Waals surface area contributed by atoms with Gasteiger partial charge in [0.25, 0.3) is 11.8 Å². The summed E-state index contributed by atoms with van der Waals surface area (Å²) in [5.74, 6) is -2.68. The summed E-state index contributed by atoms with van der Waals surface area (Å²) in [7, 11) is 1.81. The summed E-state index contributed by atoms with van der Waals surface area (Å²) in [5, 5.41) is 10.7. The average Bonchev–Trinajstić information content (AvgIpc) is 3.07. The number of amides is 1. The van der Waals surface area contributed by atoms with Gasteiger partial charge in [-0.3, -0.25) is 9.69 Å². The van der Waals surface area contributed by atoms with Crippen LogP contribution in [0.5, 0.6) is 0 Å². The van der Waals surface area contributed by atoms with E-state index in [1.807, 2.05) is 24.2 Å². The molecule has 1 amide bonds. The van der Waals surface area contributed by atoms with Crippen molar-refractivity contribution in [3.8, 4) is 0 Å². The van der Waals surface area contributed by atoms with Crippen molar-refractivity contribution in [1.82, 2.24) is 14.4 Å². The second kappa shape index (κ2) is 5.87. The summed E-state index contributed by atoms with van der Waals surface area (Å²) < 4.78 is 28.2. The molecule has 2 aliphatic heterocycles. The van der Waals surface area contributed by atoms with Gasteiger partial charge in [0, 0.05) is 52.3 Å². The molecule has 0 unspecified atom stereocenters. The summed E-state index contributed by atoms with van der Waals surface area (Å²) in [5.41, 5.74) is -0.417. The molecule has 0 aliphatic carbocycles. The van der Waals surface area contributed by atoms with Crippen molar-refractivity contribution in [1.29, 1.82) is 0 Å². The van der Waals surface area contributed by atoms with Crippen LogP contribution in [0.4, 0.5) is 8.78 Å². The molecular formula is C16H23F2N3O2. The van der Waals surface area contributed by atoms with E-state index < -0.39 is 11.5 Å². The molecule has 5 nitrogen and oxygen atoms in total. The maximum Gasteiger partial charge on any atom is 0.270 e. The molecule has 2 aliphatic rings. The molecule has 1 N–H and O–H groups in total. The normalized spacial score (nSPS) is 28.3. The Bertz CT molecular complexity index is 580. The number of hydrogen-bond donors (Lipinski definition) is 1. The Balaban J connectivity index is 1.58. The third-order valence-corrected chi connectivity index (χ3v) is 4.89. The third-order valence-electron chi connectivity index (χ3n) is 4.89.